The van der Waals surface area contributed by atoms with Gasteiger partial charge in [-0.05, 0) is 61.7 Å². The molecule has 0 saturated carbocycles. The van der Waals surface area contributed by atoms with Crippen LogP contribution < -0.4 is 20.3 Å². The van der Waals surface area contributed by atoms with E-state index >= 15 is 0 Å². The standard InChI is InChI=1S/C21H24N2O4/c1-4-26-18-10-7-17(8-11-18)9-12-20(24)22-23-21(25)14-27-19-13-15(2)5-6-16(19)3/h5-13H,4,14H2,1-3H3,(H,22,24)(H,23,25)/b12-9+. The Morgan fingerprint density at radius 3 is 2.44 bits per heavy atom. The van der Waals surface area contributed by atoms with E-state index in [4.69, 9.17) is 9.47 Å². The lowest BCUT2D eigenvalue weighted by Crippen LogP contribution is -2.43. The maximum Gasteiger partial charge on any atom is 0.276 e. The van der Waals surface area contributed by atoms with Gasteiger partial charge >= 0.3 is 0 Å². The lowest BCUT2D eigenvalue weighted by Gasteiger charge is -2.10. The van der Waals surface area contributed by atoms with Gasteiger partial charge in [-0.2, -0.15) is 0 Å². The van der Waals surface area contributed by atoms with Crippen LogP contribution in [0.4, 0.5) is 0 Å². The minimum atomic E-state index is -0.446. The van der Waals surface area contributed by atoms with Crippen LogP contribution in [0.15, 0.2) is 48.5 Å². The number of hydrazine groups is 1. The molecule has 2 rings (SSSR count). The van der Waals surface area contributed by atoms with Crippen molar-refractivity contribution in [3.63, 3.8) is 0 Å². The molecule has 27 heavy (non-hydrogen) atoms. The van der Waals surface area contributed by atoms with Crippen molar-refractivity contribution in [2.45, 2.75) is 20.8 Å². The van der Waals surface area contributed by atoms with Crippen molar-refractivity contribution in [2.75, 3.05) is 13.2 Å². The summed E-state index contributed by atoms with van der Waals surface area (Å²) < 4.78 is 10.8. The third kappa shape index (κ3) is 6.86. The largest absolute Gasteiger partial charge is 0.494 e. The summed E-state index contributed by atoms with van der Waals surface area (Å²) in [4.78, 5) is 23.6. The molecule has 2 N–H and O–H groups in total. The molecule has 0 atom stereocenters. The molecular weight excluding hydrogens is 344 g/mol. The van der Waals surface area contributed by atoms with Gasteiger partial charge in [0.15, 0.2) is 6.61 Å². The van der Waals surface area contributed by atoms with Gasteiger partial charge in [0.1, 0.15) is 11.5 Å². The van der Waals surface area contributed by atoms with Crippen LogP contribution in [0.5, 0.6) is 11.5 Å². The number of rotatable bonds is 7. The topological polar surface area (TPSA) is 76.7 Å². The number of aryl methyl sites for hydroxylation is 2. The van der Waals surface area contributed by atoms with Crippen molar-refractivity contribution < 1.29 is 19.1 Å². The second kappa shape index (κ2) is 10.0. The van der Waals surface area contributed by atoms with Gasteiger partial charge in [0.05, 0.1) is 6.61 Å². The van der Waals surface area contributed by atoms with E-state index in [1.807, 2.05) is 63.2 Å². The highest BCUT2D eigenvalue weighted by atomic mass is 16.5. The van der Waals surface area contributed by atoms with Crippen molar-refractivity contribution in [1.82, 2.24) is 10.9 Å². The second-order valence-corrected chi connectivity index (χ2v) is 5.93. The van der Waals surface area contributed by atoms with E-state index < -0.39 is 11.8 Å². The highest BCUT2D eigenvalue weighted by Gasteiger charge is 2.06. The lowest BCUT2D eigenvalue weighted by molar-refractivity contribution is -0.128. The van der Waals surface area contributed by atoms with Crippen LogP contribution in [0.3, 0.4) is 0 Å². The monoisotopic (exact) mass is 368 g/mol. The fourth-order valence-electron chi connectivity index (χ4n) is 2.23. The first-order valence-corrected chi connectivity index (χ1v) is 8.67. The van der Waals surface area contributed by atoms with Crippen LogP contribution in [0, 0.1) is 13.8 Å². The summed E-state index contributed by atoms with van der Waals surface area (Å²) in [5.74, 6) is 0.532. The van der Waals surface area contributed by atoms with Crippen LogP contribution in [-0.2, 0) is 9.59 Å². The molecule has 0 aliphatic carbocycles. The fraction of sp³-hybridized carbons (Fsp3) is 0.238. The minimum absolute atomic E-state index is 0.187. The van der Waals surface area contributed by atoms with Gasteiger partial charge in [-0.25, -0.2) is 0 Å². The fourth-order valence-corrected chi connectivity index (χ4v) is 2.23. The molecule has 0 heterocycles. The average molecular weight is 368 g/mol. The summed E-state index contributed by atoms with van der Waals surface area (Å²) in [6, 6.07) is 13.1. The normalized spacial score (nSPS) is 10.5. The molecule has 0 aliphatic heterocycles. The number of ether oxygens (including phenoxy) is 2. The highest BCUT2D eigenvalue weighted by Crippen LogP contribution is 2.18. The van der Waals surface area contributed by atoms with Gasteiger partial charge in [0.2, 0.25) is 0 Å². The molecule has 0 unspecified atom stereocenters. The molecule has 0 fully saturated rings. The van der Waals surface area contributed by atoms with Gasteiger partial charge in [0.25, 0.3) is 11.8 Å². The summed E-state index contributed by atoms with van der Waals surface area (Å²) in [5.41, 5.74) is 7.46. The van der Waals surface area contributed by atoms with E-state index in [1.165, 1.54) is 6.08 Å². The molecule has 2 aromatic carbocycles. The second-order valence-electron chi connectivity index (χ2n) is 5.93. The highest BCUT2D eigenvalue weighted by molar-refractivity contribution is 5.93. The predicted molar refractivity (Wildman–Crippen MR) is 104 cm³/mol. The minimum Gasteiger partial charge on any atom is -0.494 e. The first-order valence-electron chi connectivity index (χ1n) is 8.67. The Labute approximate surface area is 159 Å². The Kier molecular flexibility index (Phi) is 7.43. The maximum atomic E-state index is 11.8. The van der Waals surface area contributed by atoms with Crippen molar-refractivity contribution in [3.8, 4) is 11.5 Å². The summed E-state index contributed by atoms with van der Waals surface area (Å²) in [5, 5.41) is 0. The van der Waals surface area contributed by atoms with Crippen LogP contribution in [0.1, 0.15) is 23.6 Å². The third-order valence-electron chi connectivity index (χ3n) is 3.65. The van der Waals surface area contributed by atoms with Crippen LogP contribution in [0.2, 0.25) is 0 Å². The molecule has 0 radical (unpaired) electrons. The van der Waals surface area contributed by atoms with E-state index in [1.54, 1.807) is 6.08 Å². The van der Waals surface area contributed by atoms with Gasteiger partial charge < -0.3 is 9.47 Å². The summed E-state index contributed by atoms with van der Waals surface area (Å²) in [6.07, 6.45) is 2.98. The zero-order chi connectivity index (χ0) is 19.6. The Hall–Kier alpha value is -3.28. The number of nitrogens with one attached hydrogen (secondary N) is 2. The number of hydrogen-bond donors (Lipinski definition) is 2. The Balaban J connectivity index is 1.75. The molecule has 2 amide bonds. The molecule has 2 aromatic rings. The molecule has 0 aliphatic rings. The average Bonchev–Trinajstić information content (AvgIpc) is 2.66. The van der Waals surface area contributed by atoms with Gasteiger partial charge in [-0.3, -0.25) is 20.4 Å². The number of carbonyl (C=O) groups is 2. The van der Waals surface area contributed by atoms with Gasteiger partial charge in [0, 0.05) is 6.08 Å². The number of hydrogen-bond acceptors (Lipinski definition) is 4. The molecule has 6 nitrogen and oxygen atoms in total. The molecule has 0 bridgehead atoms. The predicted octanol–water partition coefficient (Wildman–Crippen LogP) is 2.94. The van der Waals surface area contributed by atoms with E-state index in [9.17, 15) is 9.59 Å². The van der Waals surface area contributed by atoms with E-state index in [0.29, 0.717) is 12.4 Å². The van der Waals surface area contributed by atoms with Crippen LogP contribution >= 0.6 is 0 Å². The van der Waals surface area contributed by atoms with E-state index in [2.05, 4.69) is 10.9 Å². The number of benzene rings is 2. The lowest BCUT2D eigenvalue weighted by atomic mass is 10.1. The van der Waals surface area contributed by atoms with E-state index in [-0.39, 0.29) is 6.61 Å². The van der Waals surface area contributed by atoms with Crippen molar-refractivity contribution in [3.05, 3.63) is 65.2 Å². The molecule has 142 valence electrons. The Morgan fingerprint density at radius 2 is 1.74 bits per heavy atom. The first-order chi connectivity index (χ1) is 13.0. The molecule has 0 aromatic heterocycles. The molecule has 6 heteroatoms. The zero-order valence-corrected chi connectivity index (χ0v) is 15.7. The molecule has 0 saturated heterocycles. The summed E-state index contributed by atoms with van der Waals surface area (Å²) in [6.45, 7) is 6.18. The summed E-state index contributed by atoms with van der Waals surface area (Å²) in [7, 11) is 0. The van der Waals surface area contributed by atoms with Crippen LogP contribution in [0.25, 0.3) is 6.08 Å². The Bertz CT molecular complexity index is 813. The number of carbonyl (C=O) groups excluding carboxylic acids is 2. The SMILES string of the molecule is CCOc1ccc(/C=C/C(=O)NNC(=O)COc2cc(C)ccc2C)cc1. The quantitative estimate of drug-likeness (QED) is 0.582. The zero-order valence-electron chi connectivity index (χ0n) is 15.7. The number of amides is 2. The van der Waals surface area contributed by atoms with Crippen molar-refractivity contribution in [2.24, 2.45) is 0 Å². The summed E-state index contributed by atoms with van der Waals surface area (Å²) >= 11 is 0. The van der Waals surface area contributed by atoms with Gasteiger partial charge in [-0.1, -0.05) is 24.3 Å². The maximum absolute atomic E-state index is 11.8. The molecule has 0 spiro atoms. The van der Waals surface area contributed by atoms with E-state index in [0.717, 1.165) is 22.4 Å². The van der Waals surface area contributed by atoms with Crippen LogP contribution in [-0.4, -0.2) is 25.0 Å². The third-order valence-corrected chi connectivity index (χ3v) is 3.65. The first kappa shape index (κ1) is 20.0. The molecular formula is C21H24N2O4. The smallest absolute Gasteiger partial charge is 0.276 e. The van der Waals surface area contributed by atoms with Crippen molar-refractivity contribution >= 4 is 17.9 Å². The van der Waals surface area contributed by atoms with Crippen molar-refractivity contribution in [1.29, 1.82) is 0 Å². The van der Waals surface area contributed by atoms with Gasteiger partial charge in [-0.15, -0.1) is 0 Å². The Morgan fingerprint density at radius 1 is 1.00 bits per heavy atom.